The molecule has 0 aliphatic carbocycles. The van der Waals surface area contributed by atoms with Crippen molar-refractivity contribution in [3.8, 4) is 5.75 Å². The van der Waals surface area contributed by atoms with E-state index < -0.39 is 0 Å². The Bertz CT molecular complexity index is 953. The third kappa shape index (κ3) is 5.54. The summed E-state index contributed by atoms with van der Waals surface area (Å²) in [5.74, 6) is 0.325. The smallest absolute Gasteiger partial charge is 0.244 e. The molecule has 0 aliphatic rings. The van der Waals surface area contributed by atoms with Crippen molar-refractivity contribution < 1.29 is 14.3 Å². The summed E-state index contributed by atoms with van der Waals surface area (Å²) in [4.78, 5) is 31.1. The maximum atomic E-state index is 12.6. The van der Waals surface area contributed by atoms with Gasteiger partial charge in [0.15, 0.2) is 0 Å². The monoisotopic (exact) mass is 411 g/mol. The first kappa shape index (κ1) is 20.8. The van der Waals surface area contributed by atoms with Crippen LogP contribution in [0.25, 0.3) is 10.2 Å². The van der Waals surface area contributed by atoms with Gasteiger partial charge in [-0.15, -0.1) is 11.3 Å². The molecule has 0 unspecified atom stereocenters. The Morgan fingerprint density at radius 3 is 2.66 bits per heavy atom. The molecule has 1 heterocycles. The number of hydrogen-bond acceptors (Lipinski definition) is 5. The molecule has 2 amide bonds. The number of para-hydroxylation sites is 3. The van der Waals surface area contributed by atoms with Crippen LogP contribution < -0.4 is 10.1 Å². The van der Waals surface area contributed by atoms with Gasteiger partial charge in [0.25, 0.3) is 0 Å². The second-order valence-electron chi connectivity index (χ2n) is 6.59. The number of anilines is 1. The number of carbonyl (C=O) groups is 2. The van der Waals surface area contributed by atoms with E-state index in [1.807, 2.05) is 37.3 Å². The van der Waals surface area contributed by atoms with E-state index >= 15 is 0 Å². The summed E-state index contributed by atoms with van der Waals surface area (Å²) in [7, 11) is 1.55. The highest BCUT2D eigenvalue weighted by Crippen LogP contribution is 2.24. The summed E-state index contributed by atoms with van der Waals surface area (Å²) < 4.78 is 6.41. The third-order valence-electron chi connectivity index (χ3n) is 4.57. The Morgan fingerprint density at radius 2 is 1.90 bits per heavy atom. The van der Waals surface area contributed by atoms with Crippen LogP contribution in [0.2, 0.25) is 0 Å². The van der Waals surface area contributed by atoms with Crippen LogP contribution >= 0.6 is 11.3 Å². The van der Waals surface area contributed by atoms with Gasteiger partial charge in [0.2, 0.25) is 11.8 Å². The average molecular weight is 412 g/mol. The van der Waals surface area contributed by atoms with Gasteiger partial charge in [-0.3, -0.25) is 9.59 Å². The molecule has 2 aromatic carbocycles. The fourth-order valence-electron chi connectivity index (χ4n) is 3.06. The first-order valence-corrected chi connectivity index (χ1v) is 10.5. The molecule has 1 N–H and O–H groups in total. The normalized spacial score (nSPS) is 10.7. The minimum atomic E-state index is -0.240. The van der Waals surface area contributed by atoms with Gasteiger partial charge >= 0.3 is 0 Å². The molecule has 0 saturated heterocycles. The van der Waals surface area contributed by atoms with E-state index in [4.69, 9.17) is 4.74 Å². The number of aryl methyl sites for hydroxylation is 1. The molecule has 0 bridgehead atoms. The van der Waals surface area contributed by atoms with E-state index in [1.54, 1.807) is 35.5 Å². The Labute approximate surface area is 174 Å². The lowest BCUT2D eigenvalue weighted by atomic mass is 10.2. The molecule has 0 saturated carbocycles. The molecular weight excluding hydrogens is 386 g/mol. The molecule has 0 spiro atoms. The first-order valence-electron chi connectivity index (χ1n) is 9.65. The number of likely N-dealkylation sites (N-methyl/N-ethyl adjacent to an activating group) is 1. The Hall–Kier alpha value is -2.93. The lowest BCUT2D eigenvalue weighted by molar-refractivity contribution is -0.134. The molecule has 6 nitrogen and oxygen atoms in total. The molecule has 0 radical (unpaired) electrons. The van der Waals surface area contributed by atoms with Gasteiger partial charge in [0.05, 0.1) is 34.6 Å². The van der Waals surface area contributed by atoms with Crippen molar-refractivity contribution >= 4 is 39.1 Å². The average Bonchev–Trinajstić information content (AvgIpc) is 3.15. The molecule has 29 heavy (non-hydrogen) atoms. The van der Waals surface area contributed by atoms with Crippen molar-refractivity contribution in [1.29, 1.82) is 0 Å². The number of rotatable bonds is 9. The lowest BCUT2D eigenvalue weighted by Gasteiger charge is -2.20. The van der Waals surface area contributed by atoms with Crippen molar-refractivity contribution in [3.63, 3.8) is 0 Å². The number of thiazole rings is 1. The fraction of sp³-hybridized carbons (Fsp3) is 0.318. The van der Waals surface area contributed by atoms with Gasteiger partial charge in [0, 0.05) is 13.0 Å². The highest BCUT2D eigenvalue weighted by molar-refractivity contribution is 7.18. The SMILES string of the molecule is CCN(CC(=O)Nc1ccccc1OC)C(=O)CCCc1nc2ccccc2s1. The van der Waals surface area contributed by atoms with Gasteiger partial charge in [0.1, 0.15) is 5.75 Å². The molecule has 152 valence electrons. The number of nitrogens with one attached hydrogen (secondary N) is 1. The number of ether oxygens (including phenoxy) is 1. The zero-order valence-electron chi connectivity index (χ0n) is 16.7. The number of amides is 2. The summed E-state index contributed by atoms with van der Waals surface area (Å²) in [6, 6.07) is 15.2. The van der Waals surface area contributed by atoms with Gasteiger partial charge in [-0.2, -0.15) is 0 Å². The first-order chi connectivity index (χ1) is 14.1. The highest BCUT2D eigenvalue weighted by atomic mass is 32.1. The molecule has 3 rings (SSSR count). The molecule has 1 aromatic heterocycles. The maximum absolute atomic E-state index is 12.6. The fourth-order valence-corrected chi connectivity index (χ4v) is 4.07. The van der Waals surface area contributed by atoms with E-state index in [0.29, 0.717) is 30.8 Å². The number of carbonyl (C=O) groups excluding carboxylic acids is 2. The summed E-state index contributed by atoms with van der Waals surface area (Å²) in [5, 5.41) is 3.85. The minimum absolute atomic E-state index is 0.0223. The van der Waals surface area contributed by atoms with Crippen molar-refractivity contribution in [2.75, 3.05) is 25.5 Å². The van der Waals surface area contributed by atoms with Crippen molar-refractivity contribution in [1.82, 2.24) is 9.88 Å². The Kier molecular flexibility index (Phi) is 7.19. The van der Waals surface area contributed by atoms with E-state index in [0.717, 1.165) is 21.6 Å². The number of hydrogen-bond donors (Lipinski definition) is 1. The van der Waals surface area contributed by atoms with Crippen LogP contribution in [0.3, 0.4) is 0 Å². The zero-order chi connectivity index (χ0) is 20.6. The quantitative estimate of drug-likeness (QED) is 0.575. The predicted molar refractivity (Wildman–Crippen MR) is 116 cm³/mol. The van der Waals surface area contributed by atoms with Crippen molar-refractivity contribution in [2.24, 2.45) is 0 Å². The summed E-state index contributed by atoms with van der Waals surface area (Å²) in [6.45, 7) is 2.38. The maximum Gasteiger partial charge on any atom is 0.244 e. The van der Waals surface area contributed by atoms with Crippen LogP contribution in [-0.2, 0) is 16.0 Å². The molecule has 0 aliphatic heterocycles. The number of methoxy groups -OCH3 is 1. The van der Waals surface area contributed by atoms with Gasteiger partial charge in [-0.05, 0) is 44.0 Å². The topological polar surface area (TPSA) is 71.5 Å². The van der Waals surface area contributed by atoms with Crippen LogP contribution in [0.5, 0.6) is 5.75 Å². The van der Waals surface area contributed by atoms with E-state index in [9.17, 15) is 9.59 Å². The van der Waals surface area contributed by atoms with Gasteiger partial charge in [-0.1, -0.05) is 24.3 Å². The summed E-state index contributed by atoms with van der Waals surface area (Å²) in [6.07, 6.45) is 1.87. The highest BCUT2D eigenvalue weighted by Gasteiger charge is 2.16. The number of aromatic nitrogens is 1. The van der Waals surface area contributed by atoms with Crippen molar-refractivity contribution in [2.45, 2.75) is 26.2 Å². The number of fused-ring (bicyclic) bond motifs is 1. The minimum Gasteiger partial charge on any atom is -0.495 e. The zero-order valence-corrected chi connectivity index (χ0v) is 17.5. The second-order valence-corrected chi connectivity index (χ2v) is 7.70. The summed E-state index contributed by atoms with van der Waals surface area (Å²) in [5.41, 5.74) is 1.60. The van der Waals surface area contributed by atoms with E-state index in [2.05, 4.69) is 16.4 Å². The standard InChI is InChI=1S/C22H25N3O3S/c1-3-25(15-20(26)23-16-9-4-6-11-18(16)28-2)22(27)14-8-13-21-24-17-10-5-7-12-19(17)29-21/h4-7,9-12H,3,8,13-15H2,1-2H3,(H,23,26). The Morgan fingerprint density at radius 1 is 1.14 bits per heavy atom. The largest absolute Gasteiger partial charge is 0.495 e. The van der Waals surface area contributed by atoms with Crippen LogP contribution in [0.15, 0.2) is 48.5 Å². The molecule has 3 aromatic rings. The number of benzene rings is 2. The number of nitrogens with zero attached hydrogens (tertiary/aromatic N) is 2. The van der Waals surface area contributed by atoms with Crippen LogP contribution in [0.1, 0.15) is 24.8 Å². The van der Waals surface area contributed by atoms with Crippen LogP contribution in [-0.4, -0.2) is 41.9 Å². The molecule has 7 heteroatoms. The molecule has 0 atom stereocenters. The van der Waals surface area contributed by atoms with Crippen molar-refractivity contribution in [3.05, 3.63) is 53.5 Å². The Balaban J connectivity index is 1.49. The third-order valence-corrected chi connectivity index (χ3v) is 5.67. The summed E-state index contributed by atoms with van der Waals surface area (Å²) >= 11 is 1.67. The van der Waals surface area contributed by atoms with Gasteiger partial charge < -0.3 is 15.0 Å². The molecular formula is C22H25N3O3S. The van der Waals surface area contributed by atoms with Gasteiger partial charge in [-0.25, -0.2) is 4.98 Å². The second kappa shape index (κ2) is 10.0. The van der Waals surface area contributed by atoms with E-state index in [-0.39, 0.29) is 18.4 Å². The lowest BCUT2D eigenvalue weighted by Crippen LogP contribution is -2.37. The van der Waals surface area contributed by atoms with E-state index in [1.165, 1.54) is 0 Å². The molecule has 0 fully saturated rings. The predicted octanol–water partition coefficient (Wildman–Crippen LogP) is 4.11. The van der Waals surface area contributed by atoms with Crippen LogP contribution in [0, 0.1) is 0 Å². The van der Waals surface area contributed by atoms with Crippen LogP contribution in [0.4, 0.5) is 5.69 Å².